The number of fused-ring (bicyclic) bond motifs is 1. The van der Waals surface area contributed by atoms with Gasteiger partial charge in [-0.2, -0.15) is 0 Å². The number of esters is 1. The Morgan fingerprint density at radius 2 is 1.51 bits per heavy atom. The molecule has 9 nitrogen and oxygen atoms in total. The van der Waals surface area contributed by atoms with Crippen LogP contribution in [0.4, 0.5) is 5.69 Å². The second-order valence-electron chi connectivity index (χ2n) is 8.15. The van der Waals surface area contributed by atoms with Crippen LogP contribution in [0.5, 0.6) is 5.88 Å². The number of aromatic nitrogens is 1. The van der Waals surface area contributed by atoms with Crippen molar-refractivity contribution in [3.05, 3.63) is 96.1 Å². The van der Waals surface area contributed by atoms with Gasteiger partial charge in [-0.25, -0.2) is 0 Å². The molecule has 1 heterocycles. The molecule has 37 heavy (non-hydrogen) atoms. The minimum Gasteiger partial charge on any atom is -0.493 e. The van der Waals surface area contributed by atoms with E-state index in [0.29, 0.717) is 10.9 Å². The van der Waals surface area contributed by atoms with Crippen molar-refractivity contribution < 1.29 is 24.2 Å². The fourth-order valence-corrected chi connectivity index (χ4v) is 4.06. The summed E-state index contributed by atoms with van der Waals surface area (Å²) in [5.41, 5.74) is 2.17. The lowest BCUT2D eigenvalue weighted by Gasteiger charge is -2.17. The van der Waals surface area contributed by atoms with Crippen LogP contribution in [-0.4, -0.2) is 40.6 Å². The fraction of sp³-hybridized carbons (Fsp3) is 0.179. The van der Waals surface area contributed by atoms with Crippen LogP contribution < -0.4 is 5.32 Å². The van der Waals surface area contributed by atoms with E-state index in [1.807, 2.05) is 60.7 Å². The number of nitrogens with zero attached hydrogens (tertiary/aromatic N) is 3. The van der Waals surface area contributed by atoms with E-state index in [-0.39, 0.29) is 37.2 Å². The first-order valence-electron chi connectivity index (χ1n) is 11.8. The molecule has 0 saturated heterocycles. The van der Waals surface area contributed by atoms with E-state index in [9.17, 15) is 19.5 Å². The van der Waals surface area contributed by atoms with Gasteiger partial charge in [0.25, 0.3) is 5.91 Å². The number of amides is 2. The fourth-order valence-electron chi connectivity index (χ4n) is 4.06. The first-order chi connectivity index (χ1) is 18.0. The van der Waals surface area contributed by atoms with E-state index in [0.717, 1.165) is 11.1 Å². The SMILES string of the molecule is CCOC(=O)Cn1c(O)c(N=NC(=O)CNC(=O)C(c2ccccc2)c2ccccc2)c2ccccc21. The molecule has 9 heteroatoms. The summed E-state index contributed by atoms with van der Waals surface area (Å²) in [6.45, 7) is 1.30. The summed E-state index contributed by atoms with van der Waals surface area (Å²) >= 11 is 0. The van der Waals surface area contributed by atoms with Crippen LogP contribution in [0.3, 0.4) is 0 Å². The number of benzene rings is 3. The molecule has 0 fully saturated rings. The number of carbonyl (C=O) groups is 3. The van der Waals surface area contributed by atoms with Crippen LogP contribution in [-0.2, 0) is 25.7 Å². The van der Waals surface area contributed by atoms with Crippen LogP contribution in [0.15, 0.2) is 95.2 Å². The highest BCUT2D eigenvalue weighted by molar-refractivity contribution is 5.96. The van der Waals surface area contributed by atoms with Crippen molar-refractivity contribution in [2.75, 3.05) is 13.2 Å². The highest BCUT2D eigenvalue weighted by Crippen LogP contribution is 2.38. The van der Waals surface area contributed by atoms with Crippen molar-refractivity contribution in [2.24, 2.45) is 10.2 Å². The number of carbonyl (C=O) groups excluding carboxylic acids is 3. The molecule has 4 aromatic rings. The molecule has 0 atom stereocenters. The van der Waals surface area contributed by atoms with Crippen molar-refractivity contribution >= 4 is 34.4 Å². The molecule has 0 bridgehead atoms. The Kier molecular flexibility index (Phi) is 8.05. The average molecular weight is 499 g/mol. The predicted octanol–water partition coefficient (Wildman–Crippen LogP) is 4.47. The van der Waals surface area contributed by atoms with Crippen LogP contribution in [0, 0.1) is 0 Å². The number of aromatic hydroxyl groups is 1. The Labute approximate surface area is 213 Å². The molecule has 0 aliphatic carbocycles. The van der Waals surface area contributed by atoms with Gasteiger partial charge in [0, 0.05) is 5.39 Å². The van der Waals surface area contributed by atoms with Gasteiger partial charge in [-0.3, -0.25) is 19.0 Å². The minimum atomic E-state index is -0.699. The molecule has 188 valence electrons. The third-order valence-corrected chi connectivity index (χ3v) is 5.71. The highest BCUT2D eigenvalue weighted by atomic mass is 16.5. The van der Waals surface area contributed by atoms with E-state index < -0.39 is 17.8 Å². The van der Waals surface area contributed by atoms with Crippen LogP contribution in [0.1, 0.15) is 24.0 Å². The molecule has 0 saturated carbocycles. The third-order valence-electron chi connectivity index (χ3n) is 5.71. The molecule has 0 radical (unpaired) electrons. The van der Waals surface area contributed by atoms with Crippen LogP contribution in [0.2, 0.25) is 0 Å². The summed E-state index contributed by atoms with van der Waals surface area (Å²) in [6, 6.07) is 25.5. The zero-order valence-electron chi connectivity index (χ0n) is 20.2. The number of nitrogens with one attached hydrogen (secondary N) is 1. The molecular formula is C28H26N4O5. The number of para-hydroxylation sites is 1. The van der Waals surface area contributed by atoms with Gasteiger partial charge < -0.3 is 15.2 Å². The average Bonchev–Trinajstić information content (AvgIpc) is 3.18. The number of hydrogen-bond acceptors (Lipinski definition) is 6. The monoisotopic (exact) mass is 498 g/mol. The molecule has 2 amide bonds. The lowest BCUT2D eigenvalue weighted by atomic mass is 9.90. The van der Waals surface area contributed by atoms with Crippen molar-refractivity contribution in [1.82, 2.24) is 9.88 Å². The van der Waals surface area contributed by atoms with Gasteiger partial charge in [0.15, 0.2) is 5.69 Å². The molecule has 0 aliphatic heterocycles. The lowest BCUT2D eigenvalue weighted by molar-refractivity contribution is -0.143. The van der Waals surface area contributed by atoms with Gasteiger partial charge in [0.1, 0.15) is 13.1 Å². The van der Waals surface area contributed by atoms with Gasteiger partial charge >= 0.3 is 5.97 Å². The Morgan fingerprint density at radius 3 is 2.14 bits per heavy atom. The maximum absolute atomic E-state index is 13.1. The van der Waals surface area contributed by atoms with Crippen molar-refractivity contribution in [2.45, 2.75) is 19.4 Å². The van der Waals surface area contributed by atoms with E-state index in [4.69, 9.17) is 4.74 Å². The van der Waals surface area contributed by atoms with Crippen LogP contribution >= 0.6 is 0 Å². The lowest BCUT2D eigenvalue weighted by Crippen LogP contribution is -2.33. The summed E-state index contributed by atoms with van der Waals surface area (Å²) < 4.78 is 6.32. The molecule has 0 spiro atoms. The summed E-state index contributed by atoms with van der Waals surface area (Å²) in [4.78, 5) is 37.6. The number of azo groups is 1. The third kappa shape index (κ3) is 5.90. The van der Waals surface area contributed by atoms with Gasteiger partial charge in [-0.1, -0.05) is 78.9 Å². The molecule has 2 N–H and O–H groups in total. The number of rotatable bonds is 9. The summed E-state index contributed by atoms with van der Waals surface area (Å²) in [5, 5.41) is 21.5. The Morgan fingerprint density at radius 1 is 0.919 bits per heavy atom. The molecule has 3 aromatic carbocycles. The topological polar surface area (TPSA) is 122 Å². The predicted molar refractivity (Wildman–Crippen MR) is 137 cm³/mol. The normalized spacial score (nSPS) is 11.2. The van der Waals surface area contributed by atoms with Crippen molar-refractivity contribution in [1.29, 1.82) is 0 Å². The van der Waals surface area contributed by atoms with Crippen molar-refractivity contribution in [3.63, 3.8) is 0 Å². The quantitative estimate of drug-likeness (QED) is 0.260. The maximum atomic E-state index is 13.1. The van der Waals surface area contributed by atoms with E-state index >= 15 is 0 Å². The second-order valence-corrected chi connectivity index (χ2v) is 8.15. The van der Waals surface area contributed by atoms with Gasteiger partial charge in [-0.05, 0) is 24.1 Å². The Bertz CT molecular complexity index is 1390. The minimum absolute atomic E-state index is 0.0472. The molecular weight excluding hydrogens is 472 g/mol. The van der Waals surface area contributed by atoms with Gasteiger partial charge in [0.05, 0.1) is 18.0 Å². The van der Waals surface area contributed by atoms with Crippen LogP contribution in [0.25, 0.3) is 10.9 Å². The number of hydrogen-bond donors (Lipinski definition) is 2. The largest absolute Gasteiger partial charge is 0.493 e. The number of ether oxygens (including phenoxy) is 1. The van der Waals surface area contributed by atoms with Gasteiger partial charge in [0.2, 0.25) is 11.8 Å². The van der Waals surface area contributed by atoms with E-state index in [1.165, 1.54) is 4.57 Å². The van der Waals surface area contributed by atoms with E-state index in [1.54, 1.807) is 31.2 Å². The summed E-state index contributed by atoms with van der Waals surface area (Å²) in [6.07, 6.45) is 0. The Hall–Kier alpha value is -4.79. The van der Waals surface area contributed by atoms with E-state index in [2.05, 4.69) is 15.5 Å². The molecule has 1 aromatic heterocycles. The van der Waals surface area contributed by atoms with Crippen molar-refractivity contribution in [3.8, 4) is 5.88 Å². The van der Waals surface area contributed by atoms with Gasteiger partial charge in [-0.15, -0.1) is 10.2 Å². The molecule has 0 aliphatic rings. The summed E-state index contributed by atoms with van der Waals surface area (Å²) in [5.74, 6) is -2.49. The standard InChI is InChI=1S/C28H26N4O5/c1-2-37-24(34)18-32-22-16-10-9-15-21(22)26(28(32)36)31-30-23(33)17-29-27(35)25(19-11-5-3-6-12-19)20-13-7-4-8-14-20/h3-16,25,36H,2,17-18H2,1H3,(H,29,35). The second kappa shape index (κ2) is 11.8. The zero-order chi connectivity index (χ0) is 26.2. The smallest absolute Gasteiger partial charge is 0.326 e. The maximum Gasteiger partial charge on any atom is 0.326 e. The Balaban J connectivity index is 1.50. The molecule has 0 unspecified atom stereocenters. The molecule has 4 rings (SSSR count). The zero-order valence-corrected chi connectivity index (χ0v) is 20.2. The summed E-state index contributed by atoms with van der Waals surface area (Å²) in [7, 11) is 0. The first kappa shape index (κ1) is 25.3. The highest BCUT2D eigenvalue weighted by Gasteiger charge is 2.23. The first-order valence-corrected chi connectivity index (χ1v) is 11.8.